The summed E-state index contributed by atoms with van der Waals surface area (Å²) in [6, 6.07) is 14.9. The van der Waals surface area contributed by atoms with Gasteiger partial charge in [0.1, 0.15) is 5.69 Å². The molecule has 33 heavy (non-hydrogen) atoms. The van der Waals surface area contributed by atoms with E-state index in [9.17, 15) is 4.79 Å². The van der Waals surface area contributed by atoms with E-state index in [2.05, 4.69) is 25.3 Å². The van der Waals surface area contributed by atoms with Crippen molar-refractivity contribution in [3.63, 3.8) is 0 Å². The summed E-state index contributed by atoms with van der Waals surface area (Å²) < 4.78 is 16.1. The lowest BCUT2D eigenvalue weighted by molar-refractivity contribution is 0.0740. The van der Waals surface area contributed by atoms with Crippen molar-refractivity contribution in [2.45, 2.75) is 0 Å². The summed E-state index contributed by atoms with van der Waals surface area (Å²) >= 11 is 0. The first-order chi connectivity index (χ1) is 16.2. The Morgan fingerprint density at radius 1 is 0.939 bits per heavy atom. The zero-order valence-corrected chi connectivity index (χ0v) is 17.6. The molecule has 1 fully saturated rings. The minimum Gasteiger partial charge on any atom is -0.463 e. The van der Waals surface area contributed by atoms with Crippen molar-refractivity contribution in [1.29, 1.82) is 0 Å². The summed E-state index contributed by atoms with van der Waals surface area (Å²) in [5, 5.41) is 15.8. The molecule has 1 aromatic carbocycles. The maximum Gasteiger partial charge on any atom is 0.274 e. The Kier molecular flexibility index (Phi) is 4.68. The first-order valence-electron chi connectivity index (χ1n) is 10.6. The number of furan rings is 1. The zero-order valence-electron chi connectivity index (χ0n) is 17.6. The third-order valence-corrected chi connectivity index (χ3v) is 5.79. The van der Waals surface area contributed by atoms with Crippen molar-refractivity contribution < 1.29 is 18.7 Å². The predicted molar refractivity (Wildman–Crippen MR) is 118 cm³/mol. The van der Waals surface area contributed by atoms with Gasteiger partial charge in [-0.1, -0.05) is 0 Å². The Labute approximate surface area is 188 Å². The van der Waals surface area contributed by atoms with E-state index in [-0.39, 0.29) is 12.7 Å². The number of carbonyl (C=O) groups is 1. The highest BCUT2D eigenvalue weighted by atomic mass is 16.7. The largest absolute Gasteiger partial charge is 0.463 e. The lowest BCUT2D eigenvalue weighted by atomic mass is 10.1. The molecular weight excluding hydrogens is 424 g/mol. The van der Waals surface area contributed by atoms with Gasteiger partial charge >= 0.3 is 0 Å². The number of hydrogen-bond acceptors (Lipinski definition) is 8. The number of aromatic nitrogens is 4. The summed E-state index contributed by atoms with van der Waals surface area (Å²) in [5.41, 5.74) is 2.74. The van der Waals surface area contributed by atoms with E-state index >= 15 is 0 Å². The highest BCUT2D eigenvalue weighted by molar-refractivity contribution is 5.93. The average molecular weight is 444 g/mol. The molecular formula is C23H20N6O4. The minimum absolute atomic E-state index is 0.104. The SMILES string of the molecule is O=C(c1cc(-c2ccco2)[nH]n1)N1CCN(c2ccc(-c3ccc4c(c3)OCO4)nn2)CC1. The molecule has 0 atom stereocenters. The molecule has 3 aromatic heterocycles. The number of anilines is 1. The Balaban J connectivity index is 1.09. The summed E-state index contributed by atoms with van der Waals surface area (Å²) in [4.78, 5) is 16.8. The molecule has 166 valence electrons. The molecule has 10 heteroatoms. The van der Waals surface area contributed by atoms with Gasteiger partial charge in [0, 0.05) is 37.8 Å². The van der Waals surface area contributed by atoms with Gasteiger partial charge in [0.25, 0.3) is 5.91 Å². The number of fused-ring (bicyclic) bond motifs is 1. The maximum absolute atomic E-state index is 12.9. The van der Waals surface area contributed by atoms with Crippen LogP contribution in [0.15, 0.2) is 59.2 Å². The smallest absolute Gasteiger partial charge is 0.274 e. The fourth-order valence-electron chi connectivity index (χ4n) is 3.99. The molecule has 2 aliphatic rings. The van der Waals surface area contributed by atoms with Gasteiger partial charge in [-0.05, 0) is 42.5 Å². The number of nitrogens with zero attached hydrogens (tertiary/aromatic N) is 5. The van der Waals surface area contributed by atoms with Gasteiger partial charge in [0.15, 0.2) is 28.8 Å². The third-order valence-electron chi connectivity index (χ3n) is 5.79. The molecule has 10 nitrogen and oxygen atoms in total. The topological polar surface area (TPSA) is 110 Å². The van der Waals surface area contributed by atoms with Crippen LogP contribution in [0.1, 0.15) is 10.5 Å². The first kappa shape index (κ1) is 19.4. The van der Waals surface area contributed by atoms with Gasteiger partial charge in [-0.3, -0.25) is 9.89 Å². The number of rotatable bonds is 4. The number of carbonyl (C=O) groups excluding carboxylic acids is 1. The van der Waals surface area contributed by atoms with Gasteiger partial charge in [0.2, 0.25) is 6.79 Å². The number of nitrogens with one attached hydrogen (secondary N) is 1. The number of benzene rings is 1. The van der Waals surface area contributed by atoms with E-state index in [1.165, 1.54) is 0 Å². The molecule has 0 spiro atoms. The second-order valence-electron chi connectivity index (χ2n) is 7.77. The van der Waals surface area contributed by atoms with Crippen LogP contribution >= 0.6 is 0 Å². The monoisotopic (exact) mass is 444 g/mol. The molecule has 2 aliphatic heterocycles. The predicted octanol–water partition coefficient (Wildman–Crippen LogP) is 2.82. The van der Waals surface area contributed by atoms with Crippen molar-refractivity contribution in [2.24, 2.45) is 0 Å². The fraction of sp³-hybridized carbons (Fsp3) is 0.217. The van der Waals surface area contributed by atoms with Crippen molar-refractivity contribution >= 4 is 11.7 Å². The van der Waals surface area contributed by atoms with Gasteiger partial charge in [-0.25, -0.2) is 0 Å². The number of hydrogen-bond donors (Lipinski definition) is 1. The molecule has 4 aromatic rings. The number of piperazine rings is 1. The van der Waals surface area contributed by atoms with E-state index < -0.39 is 0 Å². The molecule has 0 saturated carbocycles. The van der Waals surface area contributed by atoms with Crippen LogP contribution in [0.2, 0.25) is 0 Å². The number of amides is 1. The normalized spacial score (nSPS) is 15.2. The van der Waals surface area contributed by atoms with E-state index in [1.54, 1.807) is 23.3 Å². The highest BCUT2D eigenvalue weighted by Crippen LogP contribution is 2.35. The Morgan fingerprint density at radius 2 is 1.82 bits per heavy atom. The van der Waals surface area contributed by atoms with Gasteiger partial charge in [-0.15, -0.1) is 10.2 Å². The molecule has 1 amide bonds. The summed E-state index contributed by atoms with van der Waals surface area (Å²) in [5.74, 6) is 2.78. The summed E-state index contributed by atoms with van der Waals surface area (Å²) in [6.07, 6.45) is 1.58. The van der Waals surface area contributed by atoms with E-state index in [0.29, 0.717) is 49.1 Å². The third kappa shape index (κ3) is 3.65. The van der Waals surface area contributed by atoms with Crippen LogP contribution in [0.4, 0.5) is 5.82 Å². The van der Waals surface area contributed by atoms with Crippen LogP contribution in [-0.2, 0) is 0 Å². The standard InChI is InChI=1S/C23H20N6O4/c30-23(18-13-17(25-26-18)19-2-1-11-31-19)29-9-7-28(8-10-29)22-6-4-16(24-27-22)15-3-5-20-21(12-15)33-14-32-20/h1-6,11-13H,7-10,14H2,(H,25,26). The maximum atomic E-state index is 12.9. The second kappa shape index (κ2) is 7.97. The van der Waals surface area contributed by atoms with Crippen LogP contribution in [0.25, 0.3) is 22.7 Å². The molecule has 1 saturated heterocycles. The Hall–Kier alpha value is -4.34. The minimum atomic E-state index is -0.104. The first-order valence-corrected chi connectivity index (χ1v) is 10.6. The lowest BCUT2D eigenvalue weighted by Gasteiger charge is -2.34. The summed E-state index contributed by atoms with van der Waals surface area (Å²) in [7, 11) is 0. The molecule has 6 rings (SSSR count). The van der Waals surface area contributed by atoms with Crippen molar-refractivity contribution in [2.75, 3.05) is 37.9 Å². The number of H-pyrrole nitrogens is 1. The van der Waals surface area contributed by atoms with E-state index in [0.717, 1.165) is 22.8 Å². The quantitative estimate of drug-likeness (QED) is 0.512. The van der Waals surface area contributed by atoms with E-state index in [4.69, 9.17) is 13.9 Å². The van der Waals surface area contributed by atoms with Crippen LogP contribution in [0.5, 0.6) is 11.5 Å². The Bertz CT molecular complexity index is 1280. The fourth-order valence-corrected chi connectivity index (χ4v) is 3.99. The molecule has 5 heterocycles. The zero-order chi connectivity index (χ0) is 22.2. The molecule has 1 N–H and O–H groups in total. The van der Waals surface area contributed by atoms with Crippen LogP contribution < -0.4 is 14.4 Å². The van der Waals surface area contributed by atoms with Crippen LogP contribution in [-0.4, -0.2) is 64.2 Å². The van der Waals surface area contributed by atoms with Crippen LogP contribution in [0.3, 0.4) is 0 Å². The molecule has 0 radical (unpaired) electrons. The van der Waals surface area contributed by atoms with Crippen LogP contribution in [0, 0.1) is 0 Å². The van der Waals surface area contributed by atoms with Crippen molar-refractivity contribution in [1.82, 2.24) is 25.3 Å². The van der Waals surface area contributed by atoms with Crippen molar-refractivity contribution in [3.05, 3.63) is 60.5 Å². The number of aromatic amines is 1. The highest BCUT2D eigenvalue weighted by Gasteiger charge is 2.25. The summed E-state index contributed by atoms with van der Waals surface area (Å²) in [6.45, 7) is 2.72. The van der Waals surface area contributed by atoms with Gasteiger partial charge in [0.05, 0.1) is 12.0 Å². The van der Waals surface area contributed by atoms with Gasteiger partial charge in [-0.2, -0.15) is 5.10 Å². The molecule has 0 aliphatic carbocycles. The Morgan fingerprint density at radius 3 is 2.61 bits per heavy atom. The molecule has 0 bridgehead atoms. The van der Waals surface area contributed by atoms with E-state index in [1.807, 2.05) is 36.4 Å². The second-order valence-corrected chi connectivity index (χ2v) is 7.77. The van der Waals surface area contributed by atoms with Crippen molar-refractivity contribution in [3.8, 4) is 34.2 Å². The number of ether oxygens (including phenoxy) is 2. The lowest BCUT2D eigenvalue weighted by Crippen LogP contribution is -2.49. The molecule has 0 unspecified atom stereocenters. The van der Waals surface area contributed by atoms with Gasteiger partial charge < -0.3 is 23.7 Å². The average Bonchev–Trinajstić information content (AvgIpc) is 3.64.